The van der Waals surface area contributed by atoms with Gasteiger partial charge in [-0.25, -0.2) is 9.36 Å². The molecule has 1 amide bonds. The molecule has 0 aliphatic heterocycles. The number of likely N-dealkylation sites (N-methyl/N-ethyl adjacent to an activating group) is 1. The number of ether oxygens (including phenoxy) is 1. The molecule has 0 aromatic heterocycles. The van der Waals surface area contributed by atoms with Crippen LogP contribution in [0.4, 0.5) is 0 Å². The number of hydrogen-bond acceptors (Lipinski definition) is 6. The molecule has 0 saturated heterocycles. The maximum atomic E-state index is 12.3. The molecule has 0 aromatic carbocycles. The predicted octanol–water partition coefficient (Wildman–Crippen LogP) is 5.75. The molecule has 2 unspecified atom stereocenters. The molecule has 0 heterocycles. The zero-order valence-corrected chi connectivity index (χ0v) is 25.2. The minimum absolute atomic E-state index is 0.0196. The number of quaternary nitrogens is 1. The number of methoxy groups -OCH3 is 1. The first kappa shape index (κ1) is 36.0. The quantitative estimate of drug-likeness (QED) is 0.0644. The highest BCUT2D eigenvalue weighted by Crippen LogP contribution is 2.43. The molecular formula is C27H56N2O7P+. The third-order valence-electron chi connectivity index (χ3n) is 6.25. The molecule has 2 atom stereocenters. The van der Waals surface area contributed by atoms with Crippen molar-refractivity contribution in [3.63, 3.8) is 0 Å². The van der Waals surface area contributed by atoms with E-state index in [2.05, 4.69) is 17.0 Å². The van der Waals surface area contributed by atoms with Crippen LogP contribution in [0.3, 0.4) is 0 Å². The van der Waals surface area contributed by atoms with Crippen LogP contribution in [0.5, 0.6) is 0 Å². The monoisotopic (exact) mass is 551 g/mol. The maximum absolute atomic E-state index is 12.3. The summed E-state index contributed by atoms with van der Waals surface area (Å²) in [6, 6.07) is -1.17. The lowest BCUT2D eigenvalue weighted by Crippen LogP contribution is -2.44. The summed E-state index contributed by atoms with van der Waals surface area (Å²) in [5, 5.41) is 2.54. The second-order valence-corrected chi connectivity index (χ2v) is 12.4. The highest BCUT2D eigenvalue weighted by atomic mass is 31.2. The summed E-state index contributed by atoms with van der Waals surface area (Å²) in [5.74, 6) is -1.05. The van der Waals surface area contributed by atoms with Gasteiger partial charge in [0.05, 0.1) is 34.9 Å². The minimum Gasteiger partial charge on any atom is -0.467 e. The van der Waals surface area contributed by atoms with Crippen LogP contribution in [0.25, 0.3) is 0 Å². The highest BCUT2D eigenvalue weighted by Gasteiger charge is 2.28. The number of esters is 1. The van der Waals surface area contributed by atoms with Crippen molar-refractivity contribution < 1.29 is 37.3 Å². The van der Waals surface area contributed by atoms with Gasteiger partial charge in [0.25, 0.3) is 0 Å². The lowest BCUT2D eigenvalue weighted by Gasteiger charge is -2.24. The van der Waals surface area contributed by atoms with E-state index in [9.17, 15) is 19.0 Å². The Bertz CT molecular complexity index is 641. The zero-order chi connectivity index (χ0) is 28.0. The highest BCUT2D eigenvalue weighted by molar-refractivity contribution is 7.47. The molecule has 2 N–H and O–H groups in total. The average Bonchev–Trinajstić information content (AvgIpc) is 2.82. The van der Waals surface area contributed by atoms with Crippen molar-refractivity contribution in [3.05, 3.63) is 0 Å². The van der Waals surface area contributed by atoms with Gasteiger partial charge in [-0.15, -0.1) is 0 Å². The molecule has 0 saturated carbocycles. The van der Waals surface area contributed by atoms with Gasteiger partial charge in [0, 0.05) is 6.42 Å². The number of carbonyl (C=O) groups excluding carboxylic acids is 2. The van der Waals surface area contributed by atoms with E-state index >= 15 is 0 Å². The van der Waals surface area contributed by atoms with E-state index in [1.165, 1.54) is 84.2 Å². The number of nitrogens with zero attached hydrogens (tertiary/aromatic N) is 1. The molecule has 0 spiro atoms. The van der Waals surface area contributed by atoms with Gasteiger partial charge in [-0.05, 0) is 6.42 Å². The largest absolute Gasteiger partial charge is 0.472 e. The van der Waals surface area contributed by atoms with Crippen molar-refractivity contribution in [2.75, 3.05) is 48.0 Å². The summed E-state index contributed by atoms with van der Waals surface area (Å²) >= 11 is 0. The minimum atomic E-state index is -4.35. The first-order valence-corrected chi connectivity index (χ1v) is 15.8. The van der Waals surface area contributed by atoms with E-state index in [1.807, 2.05) is 21.1 Å². The molecule has 0 rings (SSSR count). The van der Waals surface area contributed by atoms with Crippen LogP contribution in [-0.4, -0.2) is 75.3 Å². The first-order chi connectivity index (χ1) is 17.5. The van der Waals surface area contributed by atoms with E-state index in [1.54, 1.807) is 0 Å². The average molecular weight is 552 g/mol. The van der Waals surface area contributed by atoms with Crippen LogP contribution in [0.15, 0.2) is 0 Å². The lowest BCUT2D eigenvalue weighted by atomic mass is 10.0. The van der Waals surface area contributed by atoms with Crippen LogP contribution in [0.1, 0.15) is 110 Å². The fourth-order valence-electron chi connectivity index (χ4n) is 3.87. The number of phosphoric ester groups is 1. The van der Waals surface area contributed by atoms with E-state index in [4.69, 9.17) is 9.05 Å². The van der Waals surface area contributed by atoms with Crippen LogP contribution in [-0.2, 0) is 27.9 Å². The Balaban J connectivity index is 3.94. The molecule has 0 bridgehead atoms. The Morgan fingerprint density at radius 2 is 1.27 bits per heavy atom. The Labute approximate surface area is 226 Å². The molecule has 0 aliphatic carbocycles. The summed E-state index contributed by atoms with van der Waals surface area (Å²) in [7, 11) is 2.61. The van der Waals surface area contributed by atoms with Crippen molar-refractivity contribution in [1.82, 2.24) is 5.32 Å². The van der Waals surface area contributed by atoms with Crippen LogP contribution in [0.2, 0.25) is 0 Å². The molecule has 0 aromatic rings. The second-order valence-electron chi connectivity index (χ2n) is 11.0. The summed E-state index contributed by atoms with van der Waals surface area (Å²) in [6.07, 6.45) is 19.0. The molecule has 0 fully saturated rings. The normalized spacial score (nSPS) is 14.2. The number of nitrogens with one attached hydrogen (secondary N) is 1. The van der Waals surface area contributed by atoms with Gasteiger partial charge in [0.15, 0.2) is 6.04 Å². The number of amides is 1. The molecule has 0 radical (unpaired) electrons. The van der Waals surface area contributed by atoms with E-state index in [-0.39, 0.29) is 18.9 Å². The van der Waals surface area contributed by atoms with E-state index < -0.39 is 26.4 Å². The van der Waals surface area contributed by atoms with E-state index in [0.29, 0.717) is 11.0 Å². The van der Waals surface area contributed by atoms with Crippen LogP contribution >= 0.6 is 7.82 Å². The fourth-order valence-corrected chi connectivity index (χ4v) is 4.59. The SMILES string of the molecule is CCCCCCCCCCCCCCCCCC(=O)NC(COP(=O)(O)OCC[N+](C)(C)C)C(=O)OC. The third-order valence-corrected chi connectivity index (χ3v) is 7.23. The van der Waals surface area contributed by atoms with Crippen molar-refractivity contribution >= 4 is 19.7 Å². The molecular weight excluding hydrogens is 495 g/mol. The molecule has 9 nitrogen and oxygen atoms in total. The Morgan fingerprint density at radius 3 is 1.70 bits per heavy atom. The van der Waals surface area contributed by atoms with Crippen molar-refractivity contribution in [3.8, 4) is 0 Å². The zero-order valence-electron chi connectivity index (χ0n) is 24.3. The van der Waals surface area contributed by atoms with Gasteiger partial charge in [-0.2, -0.15) is 0 Å². The summed E-state index contributed by atoms with van der Waals surface area (Å²) in [5.41, 5.74) is 0. The maximum Gasteiger partial charge on any atom is 0.472 e. The number of unbranched alkanes of at least 4 members (excludes halogenated alkanes) is 14. The number of carbonyl (C=O) groups is 2. The van der Waals surface area contributed by atoms with Crippen molar-refractivity contribution in [2.24, 2.45) is 0 Å². The molecule has 0 aliphatic rings. The topological polar surface area (TPSA) is 111 Å². The first-order valence-electron chi connectivity index (χ1n) is 14.3. The smallest absolute Gasteiger partial charge is 0.467 e. The molecule has 10 heteroatoms. The predicted molar refractivity (Wildman–Crippen MR) is 148 cm³/mol. The van der Waals surface area contributed by atoms with Gasteiger partial charge < -0.3 is 19.4 Å². The van der Waals surface area contributed by atoms with Gasteiger partial charge in [0.2, 0.25) is 5.91 Å². The van der Waals surface area contributed by atoms with Crippen molar-refractivity contribution in [2.45, 2.75) is 116 Å². The fraction of sp³-hybridized carbons (Fsp3) is 0.926. The number of phosphoric acid groups is 1. The Hall–Kier alpha value is -0.990. The number of hydrogen-bond donors (Lipinski definition) is 2. The van der Waals surface area contributed by atoms with Gasteiger partial charge in [-0.1, -0.05) is 96.8 Å². The Morgan fingerprint density at radius 1 is 0.811 bits per heavy atom. The van der Waals surface area contributed by atoms with Crippen molar-refractivity contribution in [1.29, 1.82) is 0 Å². The van der Waals surface area contributed by atoms with Gasteiger partial charge >= 0.3 is 13.8 Å². The van der Waals surface area contributed by atoms with Crippen LogP contribution < -0.4 is 5.32 Å². The standard InChI is InChI=1S/C27H55N2O7P/c1-6-7-8-9-10-11-12-13-14-15-16-17-18-19-20-21-26(30)28-25(27(31)34-5)24-36-37(32,33)35-23-22-29(2,3)4/h25H,6-24H2,1-5H3,(H-,28,30,32,33)/p+1. The molecule has 37 heavy (non-hydrogen) atoms. The summed E-state index contributed by atoms with van der Waals surface area (Å²) < 4.78 is 27.2. The Kier molecular flexibility index (Phi) is 21.3. The summed E-state index contributed by atoms with van der Waals surface area (Å²) in [4.78, 5) is 34.1. The van der Waals surface area contributed by atoms with Gasteiger partial charge in [-0.3, -0.25) is 13.8 Å². The summed E-state index contributed by atoms with van der Waals surface area (Å²) in [6.45, 7) is 2.27. The van der Waals surface area contributed by atoms with Gasteiger partial charge in [0.1, 0.15) is 13.2 Å². The lowest BCUT2D eigenvalue weighted by molar-refractivity contribution is -0.870. The third kappa shape index (κ3) is 23.8. The van der Waals surface area contributed by atoms with E-state index in [0.717, 1.165) is 19.3 Å². The number of rotatable bonds is 25. The molecule has 220 valence electrons. The second kappa shape index (κ2) is 21.9. The van der Waals surface area contributed by atoms with Crippen LogP contribution in [0, 0.1) is 0 Å².